The molecule has 122 valence electrons. The smallest absolute Gasteiger partial charge is 0.370 e. The molecule has 1 aliphatic heterocycles. The molecule has 0 radical (unpaired) electrons. The standard InChI is InChI=1S/C12H21NO8/c1-5(3-14)13-9-6(16)2-8(12(19)20)21-11(9)10(18)7(17)4-15/h2,5-7,9-11,13-18H,3-4H2,1H3,(H,19,20)/t5?,6-,7+,9+,10+,11+/m0/s1. The van der Waals surface area contributed by atoms with E-state index in [1.54, 1.807) is 6.92 Å². The van der Waals surface area contributed by atoms with Crippen LogP contribution in [-0.2, 0) is 9.53 Å². The van der Waals surface area contributed by atoms with Crippen molar-refractivity contribution in [3.63, 3.8) is 0 Å². The lowest BCUT2D eigenvalue weighted by atomic mass is 9.93. The summed E-state index contributed by atoms with van der Waals surface area (Å²) in [7, 11) is 0. The molecule has 0 saturated heterocycles. The Bertz CT molecular complexity index is 387. The molecular weight excluding hydrogens is 286 g/mol. The number of hydrogen-bond donors (Lipinski definition) is 7. The van der Waals surface area contributed by atoms with E-state index in [-0.39, 0.29) is 6.61 Å². The predicted octanol–water partition coefficient (Wildman–Crippen LogP) is -3.23. The second-order valence-corrected chi connectivity index (χ2v) is 4.93. The Balaban J connectivity index is 3.01. The van der Waals surface area contributed by atoms with Gasteiger partial charge in [0.1, 0.15) is 18.3 Å². The molecule has 1 unspecified atom stereocenters. The van der Waals surface area contributed by atoms with Gasteiger partial charge in [-0.3, -0.25) is 0 Å². The Morgan fingerprint density at radius 2 is 2.00 bits per heavy atom. The van der Waals surface area contributed by atoms with Gasteiger partial charge in [-0.25, -0.2) is 4.79 Å². The van der Waals surface area contributed by atoms with Crippen molar-refractivity contribution in [2.75, 3.05) is 13.2 Å². The van der Waals surface area contributed by atoms with Gasteiger partial charge >= 0.3 is 5.97 Å². The molecule has 0 aromatic rings. The number of carboxylic acid groups (broad SMARTS) is 1. The van der Waals surface area contributed by atoms with Crippen molar-refractivity contribution in [2.24, 2.45) is 0 Å². The number of carboxylic acids is 1. The average molecular weight is 307 g/mol. The van der Waals surface area contributed by atoms with Crippen LogP contribution in [0.4, 0.5) is 0 Å². The number of rotatable bonds is 7. The maximum Gasteiger partial charge on any atom is 0.370 e. The summed E-state index contributed by atoms with van der Waals surface area (Å²) in [5.74, 6) is -2.00. The minimum Gasteiger partial charge on any atom is -0.479 e. The summed E-state index contributed by atoms with van der Waals surface area (Å²) in [6.07, 6.45) is -4.87. The van der Waals surface area contributed by atoms with E-state index in [0.29, 0.717) is 0 Å². The van der Waals surface area contributed by atoms with Crippen molar-refractivity contribution < 1.29 is 40.2 Å². The Morgan fingerprint density at radius 3 is 2.48 bits per heavy atom. The highest BCUT2D eigenvalue weighted by atomic mass is 16.5. The minimum atomic E-state index is -1.63. The van der Waals surface area contributed by atoms with Crippen molar-refractivity contribution in [3.8, 4) is 0 Å². The molecule has 9 heteroatoms. The first-order valence-electron chi connectivity index (χ1n) is 6.45. The molecular formula is C12H21NO8. The fraction of sp³-hybridized carbons (Fsp3) is 0.750. The summed E-state index contributed by atoms with van der Waals surface area (Å²) in [5.41, 5.74) is 0. The third-order valence-corrected chi connectivity index (χ3v) is 3.19. The van der Waals surface area contributed by atoms with Crippen LogP contribution in [0.15, 0.2) is 11.8 Å². The van der Waals surface area contributed by atoms with Crippen LogP contribution in [0.1, 0.15) is 6.92 Å². The Morgan fingerprint density at radius 1 is 1.38 bits per heavy atom. The van der Waals surface area contributed by atoms with Gasteiger partial charge in [0, 0.05) is 6.04 Å². The molecule has 0 aliphatic carbocycles. The number of nitrogens with one attached hydrogen (secondary N) is 1. The van der Waals surface area contributed by atoms with E-state index in [4.69, 9.17) is 20.1 Å². The van der Waals surface area contributed by atoms with E-state index < -0.39 is 54.8 Å². The first kappa shape index (κ1) is 17.8. The van der Waals surface area contributed by atoms with Crippen LogP contribution >= 0.6 is 0 Å². The number of aliphatic carboxylic acids is 1. The number of aliphatic hydroxyl groups excluding tert-OH is 5. The second-order valence-electron chi connectivity index (χ2n) is 4.93. The third kappa shape index (κ3) is 4.37. The van der Waals surface area contributed by atoms with Gasteiger partial charge in [0.15, 0.2) is 0 Å². The predicted molar refractivity (Wildman–Crippen MR) is 69.2 cm³/mol. The largest absolute Gasteiger partial charge is 0.479 e. The van der Waals surface area contributed by atoms with Crippen molar-refractivity contribution in [2.45, 2.75) is 43.4 Å². The maximum atomic E-state index is 10.9. The molecule has 0 aromatic carbocycles. The summed E-state index contributed by atoms with van der Waals surface area (Å²) in [6, 6.07) is -1.43. The summed E-state index contributed by atoms with van der Waals surface area (Å²) in [5, 5.41) is 59.0. The van der Waals surface area contributed by atoms with Crippen LogP contribution in [0.3, 0.4) is 0 Å². The third-order valence-electron chi connectivity index (χ3n) is 3.19. The average Bonchev–Trinajstić information content (AvgIpc) is 2.46. The lowest BCUT2D eigenvalue weighted by Crippen LogP contribution is -2.60. The molecule has 21 heavy (non-hydrogen) atoms. The van der Waals surface area contributed by atoms with E-state index in [9.17, 15) is 20.1 Å². The first-order valence-corrected chi connectivity index (χ1v) is 6.45. The Kier molecular flexibility index (Phi) is 6.52. The number of carbonyl (C=O) groups is 1. The number of aliphatic hydroxyl groups is 5. The second kappa shape index (κ2) is 7.69. The normalized spacial score (nSPS) is 30.0. The van der Waals surface area contributed by atoms with Gasteiger partial charge in [-0.1, -0.05) is 0 Å². The Labute approximate surface area is 121 Å². The van der Waals surface area contributed by atoms with Crippen molar-refractivity contribution >= 4 is 5.97 Å². The molecule has 9 nitrogen and oxygen atoms in total. The first-order chi connectivity index (χ1) is 9.81. The summed E-state index contributed by atoms with van der Waals surface area (Å²) in [4.78, 5) is 10.9. The van der Waals surface area contributed by atoms with Crippen LogP contribution < -0.4 is 5.32 Å². The quantitative estimate of drug-likeness (QED) is 0.256. The monoisotopic (exact) mass is 307 g/mol. The molecule has 6 atom stereocenters. The van der Waals surface area contributed by atoms with Crippen LogP contribution in [0.2, 0.25) is 0 Å². The van der Waals surface area contributed by atoms with E-state index >= 15 is 0 Å². The van der Waals surface area contributed by atoms with Gasteiger partial charge in [0.2, 0.25) is 5.76 Å². The van der Waals surface area contributed by atoms with Crippen LogP contribution in [0, 0.1) is 0 Å². The molecule has 7 N–H and O–H groups in total. The molecule has 0 saturated carbocycles. The minimum absolute atomic E-state index is 0.260. The SMILES string of the molecule is CC(CO)N[C@H]1[C@H]([C@H](O)[C@H](O)CO)OC(C(=O)O)=C[C@@H]1O. The zero-order chi connectivity index (χ0) is 16.2. The van der Waals surface area contributed by atoms with Crippen molar-refractivity contribution in [1.29, 1.82) is 0 Å². The van der Waals surface area contributed by atoms with E-state index in [2.05, 4.69) is 5.32 Å². The van der Waals surface area contributed by atoms with E-state index in [1.165, 1.54) is 0 Å². The molecule has 1 aliphatic rings. The van der Waals surface area contributed by atoms with Gasteiger partial charge in [0.05, 0.1) is 25.4 Å². The fourth-order valence-electron chi connectivity index (χ4n) is 2.02. The molecule has 1 heterocycles. The van der Waals surface area contributed by atoms with Gasteiger partial charge in [-0.2, -0.15) is 0 Å². The summed E-state index contributed by atoms with van der Waals surface area (Å²) < 4.78 is 5.10. The van der Waals surface area contributed by atoms with E-state index in [1.807, 2.05) is 0 Å². The fourth-order valence-corrected chi connectivity index (χ4v) is 2.02. The highest BCUT2D eigenvalue weighted by Crippen LogP contribution is 2.23. The van der Waals surface area contributed by atoms with Crippen LogP contribution in [-0.4, -0.2) is 86.3 Å². The zero-order valence-electron chi connectivity index (χ0n) is 11.5. The van der Waals surface area contributed by atoms with Crippen LogP contribution in [0.5, 0.6) is 0 Å². The molecule has 0 fully saturated rings. The molecule has 0 amide bonds. The summed E-state index contributed by atoms with van der Waals surface area (Å²) in [6.45, 7) is 0.588. The van der Waals surface area contributed by atoms with Crippen LogP contribution in [0.25, 0.3) is 0 Å². The van der Waals surface area contributed by atoms with Gasteiger partial charge in [0.25, 0.3) is 0 Å². The van der Waals surface area contributed by atoms with Gasteiger partial charge in [-0.05, 0) is 13.0 Å². The van der Waals surface area contributed by atoms with Crippen molar-refractivity contribution in [3.05, 3.63) is 11.8 Å². The molecule has 0 spiro atoms. The lowest BCUT2D eigenvalue weighted by Gasteiger charge is -2.39. The number of ether oxygens (including phenoxy) is 1. The highest BCUT2D eigenvalue weighted by molar-refractivity contribution is 5.84. The molecule has 0 aromatic heterocycles. The van der Waals surface area contributed by atoms with E-state index in [0.717, 1.165) is 6.08 Å². The topological polar surface area (TPSA) is 160 Å². The van der Waals surface area contributed by atoms with Gasteiger partial charge in [-0.15, -0.1) is 0 Å². The summed E-state index contributed by atoms with van der Waals surface area (Å²) >= 11 is 0. The molecule has 1 rings (SSSR count). The maximum absolute atomic E-state index is 10.9. The van der Waals surface area contributed by atoms with Crippen molar-refractivity contribution in [1.82, 2.24) is 5.32 Å². The van der Waals surface area contributed by atoms with Gasteiger partial charge < -0.3 is 40.7 Å². The zero-order valence-corrected chi connectivity index (χ0v) is 11.5. The Hall–Kier alpha value is -1.23. The highest BCUT2D eigenvalue weighted by Gasteiger charge is 2.42. The number of hydrogen-bond acceptors (Lipinski definition) is 8. The molecule has 0 bridgehead atoms. The lowest BCUT2D eigenvalue weighted by molar-refractivity contribution is -0.148.